The van der Waals surface area contributed by atoms with Gasteiger partial charge in [-0.1, -0.05) is 31.5 Å². The van der Waals surface area contributed by atoms with Crippen LogP contribution in [0.4, 0.5) is 5.69 Å². The van der Waals surface area contributed by atoms with Gasteiger partial charge in [0.25, 0.3) is 0 Å². The molecule has 5 heteroatoms. The first kappa shape index (κ1) is 16.2. The number of anilines is 1. The highest BCUT2D eigenvalue weighted by Gasteiger charge is 2.16. The zero-order valence-electron chi connectivity index (χ0n) is 13.0. The molecule has 0 heterocycles. The predicted molar refractivity (Wildman–Crippen MR) is 87.5 cm³/mol. The normalized spacial score (nSPS) is 19.7. The number of nitrogens with one attached hydrogen (secondary N) is 2. The summed E-state index contributed by atoms with van der Waals surface area (Å²) >= 11 is 0. The molecule has 5 nitrogen and oxygen atoms in total. The number of carbonyl (C=O) groups excluding carboxylic acids is 2. The van der Waals surface area contributed by atoms with E-state index in [2.05, 4.69) is 22.8 Å². The molecule has 2 N–H and O–H groups in total. The van der Waals surface area contributed by atoms with E-state index >= 15 is 0 Å². The Balaban J connectivity index is 1.71. The number of rotatable bonds is 5. The maximum Gasteiger partial charge on any atom is 0.240 e. The maximum absolute atomic E-state index is 11.8. The first-order valence-corrected chi connectivity index (χ1v) is 7.85. The van der Waals surface area contributed by atoms with E-state index in [1.54, 1.807) is 0 Å². The van der Waals surface area contributed by atoms with Crippen molar-refractivity contribution >= 4 is 23.2 Å². The van der Waals surface area contributed by atoms with Gasteiger partial charge in [0, 0.05) is 24.2 Å². The summed E-state index contributed by atoms with van der Waals surface area (Å²) in [6.45, 7) is 2.14. The molecule has 1 fully saturated rings. The summed E-state index contributed by atoms with van der Waals surface area (Å²) in [5, 5.41) is 6.97. The smallest absolute Gasteiger partial charge is 0.240 e. The van der Waals surface area contributed by atoms with E-state index in [0.29, 0.717) is 5.92 Å². The average molecular weight is 301 g/mol. The molecule has 0 aliphatic heterocycles. The molecule has 2 amide bonds. The van der Waals surface area contributed by atoms with E-state index in [-0.39, 0.29) is 24.7 Å². The fourth-order valence-corrected chi connectivity index (χ4v) is 2.50. The van der Waals surface area contributed by atoms with Gasteiger partial charge in [0.1, 0.15) is 0 Å². The number of para-hydroxylation sites is 1. The van der Waals surface area contributed by atoms with E-state index in [4.69, 9.17) is 0 Å². The summed E-state index contributed by atoms with van der Waals surface area (Å²) in [7, 11) is 0. The molecule has 22 heavy (non-hydrogen) atoms. The lowest BCUT2D eigenvalue weighted by Gasteiger charge is -2.19. The summed E-state index contributed by atoms with van der Waals surface area (Å²) in [5.41, 5.74) is 4.37. The first-order chi connectivity index (χ1) is 10.6. The van der Waals surface area contributed by atoms with Crippen molar-refractivity contribution in [1.29, 1.82) is 0 Å². The van der Waals surface area contributed by atoms with Crippen LogP contribution >= 0.6 is 0 Å². The largest absolute Gasteiger partial charge is 0.326 e. The van der Waals surface area contributed by atoms with Crippen molar-refractivity contribution in [2.45, 2.75) is 45.4 Å². The third-order valence-corrected chi connectivity index (χ3v) is 3.85. The fraction of sp³-hybridized carbons (Fsp3) is 0.471. The van der Waals surface area contributed by atoms with E-state index in [1.807, 2.05) is 30.3 Å². The van der Waals surface area contributed by atoms with Crippen LogP contribution in [0.15, 0.2) is 35.4 Å². The number of benzene rings is 1. The van der Waals surface area contributed by atoms with Crippen molar-refractivity contribution in [3.63, 3.8) is 0 Å². The Labute approximate surface area is 131 Å². The minimum atomic E-state index is -0.214. The van der Waals surface area contributed by atoms with Crippen LogP contribution in [0, 0.1) is 5.92 Å². The van der Waals surface area contributed by atoms with E-state index in [9.17, 15) is 9.59 Å². The van der Waals surface area contributed by atoms with Gasteiger partial charge < -0.3 is 5.32 Å². The average Bonchev–Trinajstić information content (AvgIpc) is 2.53. The molecule has 1 atom stereocenters. The van der Waals surface area contributed by atoms with Gasteiger partial charge >= 0.3 is 0 Å². The molecule has 2 rings (SSSR count). The lowest BCUT2D eigenvalue weighted by Crippen LogP contribution is -2.25. The third kappa shape index (κ3) is 5.31. The van der Waals surface area contributed by atoms with Crippen LogP contribution in [0.5, 0.6) is 0 Å². The second kappa shape index (κ2) is 8.32. The van der Waals surface area contributed by atoms with Crippen molar-refractivity contribution in [2.24, 2.45) is 11.0 Å². The Kier molecular flexibility index (Phi) is 6.13. The Morgan fingerprint density at radius 3 is 2.59 bits per heavy atom. The lowest BCUT2D eigenvalue weighted by atomic mass is 9.89. The first-order valence-electron chi connectivity index (χ1n) is 7.85. The fourth-order valence-electron chi connectivity index (χ4n) is 2.50. The van der Waals surface area contributed by atoms with Crippen molar-refractivity contribution < 1.29 is 9.59 Å². The minimum Gasteiger partial charge on any atom is -0.326 e. The molecule has 0 unspecified atom stereocenters. The minimum absolute atomic E-state index is 0.143. The van der Waals surface area contributed by atoms with Crippen LogP contribution < -0.4 is 10.7 Å². The van der Waals surface area contributed by atoms with Gasteiger partial charge in [0.15, 0.2) is 0 Å². The van der Waals surface area contributed by atoms with Crippen LogP contribution in [-0.2, 0) is 9.59 Å². The van der Waals surface area contributed by atoms with Crippen molar-refractivity contribution in [3.05, 3.63) is 30.3 Å². The molecule has 1 saturated carbocycles. The lowest BCUT2D eigenvalue weighted by molar-refractivity contribution is -0.124. The Morgan fingerprint density at radius 1 is 1.14 bits per heavy atom. The van der Waals surface area contributed by atoms with E-state index < -0.39 is 0 Å². The zero-order chi connectivity index (χ0) is 15.8. The number of nitrogens with zero attached hydrogens (tertiary/aromatic N) is 1. The van der Waals surface area contributed by atoms with Crippen molar-refractivity contribution in [2.75, 3.05) is 5.32 Å². The Morgan fingerprint density at radius 2 is 1.86 bits per heavy atom. The van der Waals surface area contributed by atoms with Crippen molar-refractivity contribution in [1.82, 2.24) is 5.43 Å². The Hall–Kier alpha value is -2.17. The molecule has 0 saturated heterocycles. The van der Waals surface area contributed by atoms with Crippen LogP contribution in [0.3, 0.4) is 0 Å². The zero-order valence-corrected chi connectivity index (χ0v) is 13.0. The SMILES string of the molecule is C[C@@H]1CCCC/C1=N/NC(=O)CCC(=O)Nc1ccccc1. The highest BCUT2D eigenvalue weighted by molar-refractivity contribution is 5.93. The molecule has 1 aromatic rings. The summed E-state index contributed by atoms with van der Waals surface area (Å²) in [4.78, 5) is 23.5. The van der Waals surface area contributed by atoms with Gasteiger partial charge in [-0.05, 0) is 37.3 Å². The number of hydrogen-bond acceptors (Lipinski definition) is 3. The highest BCUT2D eigenvalue weighted by Crippen LogP contribution is 2.20. The van der Waals surface area contributed by atoms with Gasteiger partial charge in [-0.2, -0.15) is 5.10 Å². The predicted octanol–water partition coefficient (Wildman–Crippen LogP) is 3.09. The summed E-state index contributed by atoms with van der Waals surface area (Å²) in [6, 6.07) is 9.21. The van der Waals surface area contributed by atoms with Crippen LogP contribution in [0.1, 0.15) is 45.4 Å². The molecule has 1 aliphatic rings. The monoisotopic (exact) mass is 301 g/mol. The molecule has 1 aromatic carbocycles. The van der Waals surface area contributed by atoms with Gasteiger partial charge in [0.2, 0.25) is 11.8 Å². The number of hydrazone groups is 1. The molecule has 0 radical (unpaired) electrons. The molecular formula is C17H23N3O2. The summed E-state index contributed by atoms with van der Waals surface area (Å²) in [5.74, 6) is 0.0592. The maximum atomic E-state index is 11.8. The molecule has 1 aliphatic carbocycles. The Bertz CT molecular complexity index is 540. The summed E-state index contributed by atoms with van der Waals surface area (Å²) in [6.07, 6.45) is 4.75. The number of hydrogen-bond donors (Lipinski definition) is 2. The van der Waals surface area contributed by atoms with E-state index in [0.717, 1.165) is 30.7 Å². The van der Waals surface area contributed by atoms with Gasteiger partial charge in [-0.3, -0.25) is 9.59 Å². The van der Waals surface area contributed by atoms with Crippen LogP contribution in [0.25, 0.3) is 0 Å². The number of amides is 2. The highest BCUT2D eigenvalue weighted by atomic mass is 16.2. The van der Waals surface area contributed by atoms with Crippen molar-refractivity contribution in [3.8, 4) is 0 Å². The van der Waals surface area contributed by atoms with Gasteiger partial charge in [-0.15, -0.1) is 0 Å². The van der Waals surface area contributed by atoms with Gasteiger partial charge in [0.05, 0.1) is 0 Å². The molecule has 0 aromatic heterocycles. The number of carbonyl (C=O) groups is 2. The summed E-state index contributed by atoms with van der Waals surface area (Å²) < 4.78 is 0. The van der Waals surface area contributed by atoms with E-state index in [1.165, 1.54) is 6.42 Å². The second-order valence-electron chi connectivity index (χ2n) is 5.70. The van der Waals surface area contributed by atoms with Crippen LogP contribution in [-0.4, -0.2) is 17.5 Å². The topological polar surface area (TPSA) is 70.6 Å². The second-order valence-corrected chi connectivity index (χ2v) is 5.70. The molecule has 0 bridgehead atoms. The standard InChI is InChI=1S/C17H23N3O2/c1-13-7-5-6-10-15(13)19-20-17(22)12-11-16(21)18-14-8-3-2-4-9-14/h2-4,8-9,13H,5-7,10-12H2,1H3,(H,18,21)(H,20,22)/b19-15-/t13-/m1/s1. The quantitative estimate of drug-likeness (QED) is 0.820. The van der Waals surface area contributed by atoms with Gasteiger partial charge in [-0.25, -0.2) is 5.43 Å². The molecule has 0 spiro atoms. The third-order valence-electron chi connectivity index (χ3n) is 3.85. The molecule has 118 valence electrons. The van der Waals surface area contributed by atoms with Crippen LogP contribution in [0.2, 0.25) is 0 Å². The molecular weight excluding hydrogens is 278 g/mol.